The Morgan fingerprint density at radius 1 is 1.45 bits per heavy atom. The van der Waals surface area contributed by atoms with Crippen LogP contribution < -0.4 is 5.32 Å². The number of hydrogen-bond donors (Lipinski definition) is 1. The Hall–Kier alpha value is -2.44. The third-order valence-corrected chi connectivity index (χ3v) is 3.73. The summed E-state index contributed by atoms with van der Waals surface area (Å²) in [6, 6.07) is 3.67. The van der Waals surface area contributed by atoms with Gasteiger partial charge in [-0.05, 0) is 25.0 Å². The Kier molecular flexibility index (Phi) is 4.32. The summed E-state index contributed by atoms with van der Waals surface area (Å²) in [6.07, 6.45) is 5.17. The van der Waals surface area contributed by atoms with Crippen LogP contribution in [0, 0.1) is 0 Å². The Morgan fingerprint density at radius 3 is 3.05 bits per heavy atom. The van der Waals surface area contributed by atoms with Gasteiger partial charge in [-0.2, -0.15) is 4.98 Å². The molecule has 7 nitrogen and oxygen atoms in total. The smallest absolute Gasteiger partial charge is 0.317 e. The molecule has 1 atom stereocenters. The average molecular weight is 301 g/mol. The van der Waals surface area contributed by atoms with E-state index in [2.05, 4.69) is 20.4 Å². The van der Waals surface area contributed by atoms with E-state index in [1.807, 2.05) is 19.1 Å². The molecule has 1 aliphatic rings. The number of pyridine rings is 1. The molecule has 3 rings (SSSR count). The van der Waals surface area contributed by atoms with Gasteiger partial charge in [0, 0.05) is 37.6 Å². The molecular weight excluding hydrogens is 282 g/mol. The summed E-state index contributed by atoms with van der Waals surface area (Å²) in [5.41, 5.74) is 0.876. The second kappa shape index (κ2) is 6.55. The third-order valence-electron chi connectivity index (χ3n) is 3.73. The molecule has 2 aromatic rings. The van der Waals surface area contributed by atoms with Gasteiger partial charge in [0.2, 0.25) is 11.7 Å². The van der Waals surface area contributed by atoms with E-state index in [0.717, 1.165) is 18.4 Å². The molecule has 1 N–H and O–H groups in total. The minimum atomic E-state index is -0.0155. The van der Waals surface area contributed by atoms with E-state index in [4.69, 9.17) is 4.52 Å². The fourth-order valence-corrected chi connectivity index (χ4v) is 2.51. The van der Waals surface area contributed by atoms with E-state index in [0.29, 0.717) is 31.3 Å². The molecule has 3 heterocycles. The fourth-order valence-electron chi connectivity index (χ4n) is 2.51. The van der Waals surface area contributed by atoms with Crippen LogP contribution in [0.25, 0.3) is 11.4 Å². The highest BCUT2D eigenvalue weighted by Crippen LogP contribution is 2.27. The first-order valence-electron chi connectivity index (χ1n) is 7.54. The van der Waals surface area contributed by atoms with Gasteiger partial charge in [0.15, 0.2) is 0 Å². The van der Waals surface area contributed by atoms with Gasteiger partial charge in [0.05, 0.1) is 5.92 Å². The van der Waals surface area contributed by atoms with Gasteiger partial charge in [0.1, 0.15) is 0 Å². The zero-order valence-electron chi connectivity index (χ0n) is 12.5. The SMILES string of the molecule is CCCNC(=O)N1CC[C@@H](c2nc(-c3ccncc3)no2)C1. The lowest BCUT2D eigenvalue weighted by molar-refractivity contribution is 0.207. The maximum Gasteiger partial charge on any atom is 0.317 e. The van der Waals surface area contributed by atoms with Crippen molar-refractivity contribution in [2.75, 3.05) is 19.6 Å². The van der Waals surface area contributed by atoms with Crippen LogP contribution in [-0.2, 0) is 0 Å². The number of rotatable bonds is 4. The first-order valence-corrected chi connectivity index (χ1v) is 7.54. The average Bonchev–Trinajstić information content (AvgIpc) is 3.22. The number of nitrogens with one attached hydrogen (secondary N) is 1. The number of likely N-dealkylation sites (tertiary alicyclic amines) is 1. The van der Waals surface area contributed by atoms with E-state index in [1.165, 1.54) is 0 Å². The summed E-state index contributed by atoms with van der Waals surface area (Å²) < 4.78 is 5.37. The molecule has 116 valence electrons. The number of carbonyl (C=O) groups is 1. The highest BCUT2D eigenvalue weighted by Gasteiger charge is 2.31. The van der Waals surface area contributed by atoms with Gasteiger partial charge >= 0.3 is 6.03 Å². The van der Waals surface area contributed by atoms with Crippen molar-refractivity contribution in [2.24, 2.45) is 0 Å². The highest BCUT2D eigenvalue weighted by molar-refractivity contribution is 5.74. The molecule has 2 amide bonds. The number of urea groups is 1. The summed E-state index contributed by atoms with van der Waals surface area (Å²) >= 11 is 0. The lowest BCUT2D eigenvalue weighted by Crippen LogP contribution is -2.38. The maximum atomic E-state index is 11.9. The van der Waals surface area contributed by atoms with E-state index < -0.39 is 0 Å². The van der Waals surface area contributed by atoms with Crippen molar-refractivity contribution in [3.8, 4) is 11.4 Å². The van der Waals surface area contributed by atoms with Gasteiger partial charge in [0.25, 0.3) is 0 Å². The van der Waals surface area contributed by atoms with Crippen molar-refractivity contribution in [3.05, 3.63) is 30.4 Å². The standard InChI is InChI=1S/C15H19N5O2/c1-2-6-17-15(21)20-9-5-12(10-20)14-18-13(19-22-14)11-3-7-16-8-4-11/h3-4,7-8,12H,2,5-6,9-10H2,1H3,(H,17,21)/t12-/m1/s1. The first-order chi connectivity index (χ1) is 10.8. The first kappa shape index (κ1) is 14.5. The Morgan fingerprint density at radius 2 is 2.27 bits per heavy atom. The third kappa shape index (κ3) is 3.08. The van der Waals surface area contributed by atoms with Crippen LogP contribution in [-0.4, -0.2) is 45.7 Å². The van der Waals surface area contributed by atoms with Crippen molar-refractivity contribution in [3.63, 3.8) is 0 Å². The van der Waals surface area contributed by atoms with Crippen LogP contribution in [0.15, 0.2) is 29.0 Å². The predicted octanol–water partition coefficient (Wildman–Crippen LogP) is 2.04. The number of carbonyl (C=O) groups excluding carboxylic acids is 1. The molecule has 0 radical (unpaired) electrons. The van der Waals surface area contributed by atoms with E-state index in [9.17, 15) is 4.79 Å². The summed E-state index contributed by atoms with van der Waals surface area (Å²) in [6.45, 7) is 4.07. The van der Waals surface area contributed by atoms with Gasteiger partial charge in [-0.3, -0.25) is 4.98 Å². The Labute approximate surface area is 128 Å². The molecule has 2 aromatic heterocycles. The van der Waals surface area contributed by atoms with Crippen LogP contribution in [0.2, 0.25) is 0 Å². The maximum absolute atomic E-state index is 11.9. The van der Waals surface area contributed by atoms with Crippen molar-refractivity contribution in [1.82, 2.24) is 25.3 Å². The molecule has 0 saturated carbocycles. The number of nitrogens with zero attached hydrogens (tertiary/aromatic N) is 4. The minimum absolute atomic E-state index is 0.0155. The van der Waals surface area contributed by atoms with Crippen molar-refractivity contribution in [1.29, 1.82) is 0 Å². The van der Waals surface area contributed by atoms with Crippen LogP contribution in [0.3, 0.4) is 0 Å². The molecule has 0 unspecified atom stereocenters. The van der Waals surface area contributed by atoms with Crippen molar-refractivity contribution < 1.29 is 9.32 Å². The molecule has 0 aliphatic carbocycles. The molecular formula is C15H19N5O2. The van der Waals surface area contributed by atoms with E-state index >= 15 is 0 Å². The van der Waals surface area contributed by atoms with Crippen LogP contribution >= 0.6 is 0 Å². The van der Waals surface area contributed by atoms with Gasteiger partial charge in [-0.1, -0.05) is 12.1 Å². The van der Waals surface area contributed by atoms with Crippen molar-refractivity contribution in [2.45, 2.75) is 25.7 Å². The number of amides is 2. The Bertz CT molecular complexity index is 628. The summed E-state index contributed by atoms with van der Waals surface area (Å²) in [5.74, 6) is 1.26. The second-order valence-electron chi connectivity index (χ2n) is 5.36. The highest BCUT2D eigenvalue weighted by atomic mass is 16.5. The summed E-state index contributed by atoms with van der Waals surface area (Å²) in [4.78, 5) is 22.2. The van der Waals surface area contributed by atoms with Gasteiger partial charge < -0.3 is 14.7 Å². The number of hydrogen-bond acceptors (Lipinski definition) is 5. The normalized spacial score (nSPS) is 17.7. The summed E-state index contributed by atoms with van der Waals surface area (Å²) in [7, 11) is 0. The molecule has 0 spiro atoms. The lowest BCUT2D eigenvalue weighted by atomic mass is 10.1. The monoisotopic (exact) mass is 301 g/mol. The predicted molar refractivity (Wildman–Crippen MR) is 80.1 cm³/mol. The second-order valence-corrected chi connectivity index (χ2v) is 5.36. The van der Waals surface area contributed by atoms with E-state index in [-0.39, 0.29) is 11.9 Å². The zero-order chi connectivity index (χ0) is 15.4. The molecule has 22 heavy (non-hydrogen) atoms. The topological polar surface area (TPSA) is 84.2 Å². The minimum Gasteiger partial charge on any atom is -0.339 e. The van der Waals surface area contributed by atoms with Crippen molar-refractivity contribution >= 4 is 6.03 Å². The summed E-state index contributed by atoms with van der Waals surface area (Å²) in [5, 5.41) is 6.91. The molecule has 7 heteroatoms. The largest absolute Gasteiger partial charge is 0.339 e. The van der Waals surface area contributed by atoms with E-state index in [1.54, 1.807) is 17.3 Å². The Balaban J connectivity index is 1.64. The molecule has 1 saturated heterocycles. The van der Waals surface area contributed by atoms with Gasteiger partial charge in [-0.15, -0.1) is 0 Å². The van der Waals surface area contributed by atoms with Gasteiger partial charge in [-0.25, -0.2) is 4.79 Å². The lowest BCUT2D eigenvalue weighted by Gasteiger charge is -2.16. The quantitative estimate of drug-likeness (QED) is 0.934. The van der Waals surface area contributed by atoms with Crippen LogP contribution in [0.1, 0.15) is 31.6 Å². The zero-order valence-corrected chi connectivity index (χ0v) is 12.5. The fraction of sp³-hybridized carbons (Fsp3) is 0.467. The molecule has 1 aliphatic heterocycles. The van der Waals surface area contributed by atoms with Crippen LogP contribution in [0.5, 0.6) is 0 Å². The molecule has 0 bridgehead atoms. The number of aromatic nitrogens is 3. The van der Waals surface area contributed by atoms with Crippen LogP contribution in [0.4, 0.5) is 4.79 Å². The molecule has 0 aromatic carbocycles. The molecule has 1 fully saturated rings.